The number of piperidine rings is 1. The van der Waals surface area contributed by atoms with Crippen LogP contribution in [0.25, 0.3) is 10.9 Å². The fourth-order valence-corrected chi connectivity index (χ4v) is 3.72. The summed E-state index contributed by atoms with van der Waals surface area (Å²) in [6.07, 6.45) is 1.14. The number of anilines is 1. The van der Waals surface area contributed by atoms with Crippen LogP contribution in [0, 0.1) is 11.7 Å². The Morgan fingerprint density at radius 2 is 1.89 bits per heavy atom. The van der Waals surface area contributed by atoms with Crippen LogP contribution in [0.5, 0.6) is 0 Å². The van der Waals surface area contributed by atoms with E-state index < -0.39 is 5.82 Å². The van der Waals surface area contributed by atoms with Gasteiger partial charge in [-0.3, -0.25) is 9.59 Å². The molecule has 0 saturated carbocycles. The number of rotatable bonds is 3. The molecule has 2 N–H and O–H groups in total. The van der Waals surface area contributed by atoms with Crippen molar-refractivity contribution in [3.8, 4) is 0 Å². The van der Waals surface area contributed by atoms with Crippen LogP contribution in [0.2, 0.25) is 5.02 Å². The summed E-state index contributed by atoms with van der Waals surface area (Å²) in [5.41, 5.74) is 1.82. The van der Waals surface area contributed by atoms with Crippen LogP contribution in [0.4, 0.5) is 10.1 Å². The fourth-order valence-electron chi connectivity index (χ4n) is 3.54. The first kappa shape index (κ1) is 18.5. The molecule has 0 aliphatic carbocycles. The molecule has 5 nitrogen and oxygen atoms in total. The monoisotopic (exact) mass is 399 g/mol. The van der Waals surface area contributed by atoms with E-state index in [2.05, 4.69) is 10.3 Å². The molecule has 1 aromatic heterocycles. The lowest BCUT2D eigenvalue weighted by atomic mass is 9.95. The average molecular weight is 400 g/mol. The number of nitrogens with zero attached hydrogens (tertiary/aromatic N) is 1. The third-order valence-electron chi connectivity index (χ3n) is 5.06. The number of carbonyl (C=O) groups excluding carboxylic acids is 2. The first-order valence-corrected chi connectivity index (χ1v) is 9.51. The molecule has 0 spiro atoms. The van der Waals surface area contributed by atoms with E-state index in [9.17, 15) is 14.0 Å². The van der Waals surface area contributed by atoms with E-state index in [1.54, 1.807) is 29.2 Å². The number of carbonyl (C=O) groups is 2. The van der Waals surface area contributed by atoms with Gasteiger partial charge in [0.15, 0.2) is 0 Å². The molecule has 2 aromatic carbocycles. The van der Waals surface area contributed by atoms with E-state index in [4.69, 9.17) is 11.6 Å². The van der Waals surface area contributed by atoms with Crippen LogP contribution in [0.3, 0.4) is 0 Å². The van der Waals surface area contributed by atoms with Gasteiger partial charge < -0.3 is 15.2 Å². The molecule has 1 saturated heterocycles. The van der Waals surface area contributed by atoms with Crippen LogP contribution in [-0.2, 0) is 4.79 Å². The molecule has 0 atom stereocenters. The van der Waals surface area contributed by atoms with Gasteiger partial charge in [-0.25, -0.2) is 4.39 Å². The van der Waals surface area contributed by atoms with Crippen molar-refractivity contribution in [2.75, 3.05) is 18.4 Å². The van der Waals surface area contributed by atoms with Crippen molar-refractivity contribution in [2.24, 2.45) is 5.92 Å². The third kappa shape index (κ3) is 3.87. The van der Waals surface area contributed by atoms with E-state index in [-0.39, 0.29) is 17.7 Å². The number of hydrogen-bond acceptors (Lipinski definition) is 2. The lowest BCUT2D eigenvalue weighted by Gasteiger charge is -2.31. The topological polar surface area (TPSA) is 65.2 Å². The Bertz CT molecular complexity index is 1040. The summed E-state index contributed by atoms with van der Waals surface area (Å²) in [5.74, 6) is -0.819. The molecule has 4 rings (SSSR count). The van der Waals surface area contributed by atoms with Gasteiger partial charge in [-0.2, -0.15) is 0 Å². The zero-order valence-corrected chi connectivity index (χ0v) is 15.8. The van der Waals surface area contributed by atoms with Crippen LogP contribution >= 0.6 is 11.6 Å². The van der Waals surface area contributed by atoms with Crippen molar-refractivity contribution in [2.45, 2.75) is 12.8 Å². The molecular weight excluding hydrogens is 381 g/mol. The first-order valence-electron chi connectivity index (χ1n) is 9.13. The molecule has 2 heterocycles. The minimum atomic E-state index is -0.391. The van der Waals surface area contributed by atoms with Gasteiger partial charge in [0.25, 0.3) is 5.91 Å². The zero-order valence-electron chi connectivity index (χ0n) is 15.0. The maximum absolute atomic E-state index is 13.3. The predicted octanol–water partition coefficient (Wildman–Crippen LogP) is 4.45. The number of likely N-dealkylation sites (tertiary alicyclic amines) is 1. The van der Waals surface area contributed by atoms with Gasteiger partial charge in [0, 0.05) is 40.6 Å². The Labute approximate surface area is 166 Å². The van der Waals surface area contributed by atoms with Gasteiger partial charge in [-0.05, 0) is 55.3 Å². The van der Waals surface area contributed by atoms with Gasteiger partial charge in [0.1, 0.15) is 11.5 Å². The Morgan fingerprint density at radius 3 is 2.64 bits per heavy atom. The lowest BCUT2D eigenvalue weighted by molar-refractivity contribution is -0.121. The summed E-state index contributed by atoms with van der Waals surface area (Å²) in [6.45, 7) is 0.992. The summed E-state index contributed by atoms with van der Waals surface area (Å²) < 4.78 is 13.3. The van der Waals surface area contributed by atoms with Gasteiger partial charge in [0.2, 0.25) is 5.91 Å². The van der Waals surface area contributed by atoms with E-state index in [0.29, 0.717) is 42.3 Å². The number of benzene rings is 2. The highest BCUT2D eigenvalue weighted by Crippen LogP contribution is 2.24. The van der Waals surface area contributed by atoms with Gasteiger partial charge in [-0.15, -0.1) is 0 Å². The lowest BCUT2D eigenvalue weighted by Crippen LogP contribution is -2.41. The molecule has 3 aromatic rings. The highest BCUT2D eigenvalue weighted by Gasteiger charge is 2.28. The molecule has 1 aliphatic heterocycles. The number of aromatic nitrogens is 1. The van der Waals surface area contributed by atoms with Gasteiger partial charge >= 0.3 is 0 Å². The number of hydrogen-bond donors (Lipinski definition) is 2. The Morgan fingerprint density at radius 1 is 1.11 bits per heavy atom. The Hall–Kier alpha value is -2.86. The number of aromatic amines is 1. The number of fused-ring (bicyclic) bond motifs is 1. The summed E-state index contributed by atoms with van der Waals surface area (Å²) in [5, 5.41) is 4.26. The van der Waals surface area contributed by atoms with Crippen molar-refractivity contribution in [1.82, 2.24) is 9.88 Å². The maximum atomic E-state index is 13.3. The van der Waals surface area contributed by atoms with Crippen LogP contribution in [-0.4, -0.2) is 34.8 Å². The standard InChI is InChI=1S/C21H19ClFN3O2/c22-15-4-5-18-14(10-15)11-19(25-18)21(28)26-8-6-13(7-9-26)20(27)24-17-3-1-2-16(23)12-17/h1-5,10-13,25H,6-9H2,(H,24,27). The quantitative estimate of drug-likeness (QED) is 0.683. The van der Waals surface area contributed by atoms with Gasteiger partial charge in [0.05, 0.1) is 0 Å². The minimum Gasteiger partial charge on any atom is -0.351 e. The van der Waals surface area contributed by atoms with Crippen molar-refractivity contribution in [3.05, 3.63) is 65.1 Å². The fraction of sp³-hybridized carbons (Fsp3) is 0.238. The molecule has 1 aliphatic rings. The highest BCUT2D eigenvalue weighted by molar-refractivity contribution is 6.31. The number of halogens is 2. The van der Waals surface area contributed by atoms with Crippen molar-refractivity contribution < 1.29 is 14.0 Å². The molecule has 0 radical (unpaired) electrons. The van der Waals surface area contributed by atoms with Crippen LogP contribution < -0.4 is 5.32 Å². The Kier molecular flexibility index (Phi) is 5.05. The first-order chi connectivity index (χ1) is 13.5. The molecule has 0 unspecified atom stereocenters. The SMILES string of the molecule is O=C(Nc1cccc(F)c1)C1CCN(C(=O)c2cc3cc(Cl)ccc3[nH]2)CC1. The summed E-state index contributed by atoms with van der Waals surface area (Å²) in [7, 11) is 0. The van der Waals surface area contributed by atoms with Crippen molar-refractivity contribution in [1.29, 1.82) is 0 Å². The molecule has 2 amide bonds. The van der Waals surface area contributed by atoms with Gasteiger partial charge in [-0.1, -0.05) is 17.7 Å². The van der Waals surface area contributed by atoms with Crippen LogP contribution in [0.15, 0.2) is 48.5 Å². The molecule has 144 valence electrons. The predicted molar refractivity (Wildman–Crippen MR) is 107 cm³/mol. The summed E-state index contributed by atoms with van der Waals surface area (Å²) >= 11 is 6.00. The second-order valence-corrected chi connectivity index (χ2v) is 7.42. The van der Waals surface area contributed by atoms with E-state index >= 15 is 0 Å². The number of nitrogens with one attached hydrogen (secondary N) is 2. The smallest absolute Gasteiger partial charge is 0.270 e. The van der Waals surface area contributed by atoms with E-state index in [1.807, 2.05) is 12.1 Å². The molecule has 28 heavy (non-hydrogen) atoms. The van der Waals surface area contributed by atoms with Crippen molar-refractivity contribution in [3.63, 3.8) is 0 Å². The summed E-state index contributed by atoms with van der Waals surface area (Å²) in [4.78, 5) is 30.1. The van der Waals surface area contributed by atoms with Crippen molar-refractivity contribution >= 4 is 40.0 Å². The molecule has 0 bridgehead atoms. The maximum Gasteiger partial charge on any atom is 0.270 e. The highest BCUT2D eigenvalue weighted by atomic mass is 35.5. The molecular formula is C21H19ClFN3O2. The third-order valence-corrected chi connectivity index (χ3v) is 5.29. The number of amides is 2. The number of H-pyrrole nitrogens is 1. The largest absolute Gasteiger partial charge is 0.351 e. The molecule has 1 fully saturated rings. The Balaban J connectivity index is 1.37. The average Bonchev–Trinajstić information content (AvgIpc) is 3.10. The van der Waals surface area contributed by atoms with E-state index in [0.717, 1.165) is 10.9 Å². The minimum absolute atomic E-state index is 0.0867. The van der Waals surface area contributed by atoms with E-state index in [1.165, 1.54) is 12.1 Å². The second-order valence-electron chi connectivity index (χ2n) is 6.98. The second kappa shape index (κ2) is 7.64. The molecule has 7 heteroatoms. The van der Waals surface area contributed by atoms with Crippen LogP contribution in [0.1, 0.15) is 23.3 Å². The zero-order chi connectivity index (χ0) is 19.7. The summed E-state index contributed by atoms with van der Waals surface area (Å²) in [6, 6.07) is 13.1. The normalized spacial score (nSPS) is 15.0.